The van der Waals surface area contributed by atoms with Gasteiger partial charge >= 0.3 is 0 Å². The predicted octanol–water partition coefficient (Wildman–Crippen LogP) is 2.51. The van der Waals surface area contributed by atoms with Crippen molar-refractivity contribution in [3.8, 4) is 17.0 Å². The molecule has 0 saturated heterocycles. The monoisotopic (exact) mass is 283 g/mol. The predicted molar refractivity (Wildman–Crippen MR) is 69.5 cm³/mol. The van der Waals surface area contributed by atoms with Crippen molar-refractivity contribution in [2.24, 2.45) is 0 Å². The molecule has 0 saturated carbocycles. The Kier molecular flexibility index (Phi) is 3.28. The van der Waals surface area contributed by atoms with Gasteiger partial charge in [0.05, 0.1) is 15.6 Å². The molecular weight excluding hydrogens is 274 g/mol. The number of phenolic OH excluding ortho intramolecular Hbond substituents is 1. The van der Waals surface area contributed by atoms with E-state index in [-0.39, 0.29) is 15.7 Å². The largest absolute Gasteiger partial charge is 0.508 e. The van der Waals surface area contributed by atoms with Gasteiger partial charge in [0.2, 0.25) is 0 Å². The molecule has 0 aliphatic carbocycles. The average Bonchev–Trinajstić information content (AvgIpc) is 2.29. The Morgan fingerprint density at radius 2 is 1.83 bits per heavy atom. The van der Waals surface area contributed by atoms with Crippen molar-refractivity contribution < 1.29 is 13.5 Å². The van der Waals surface area contributed by atoms with E-state index in [0.717, 1.165) is 6.26 Å². The minimum Gasteiger partial charge on any atom is -0.508 e. The van der Waals surface area contributed by atoms with E-state index in [1.807, 2.05) is 0 Å². The van der Waals surface area contributed by atoms with Crippen molar-refractivity contribution in [1.29, 1.82) is 0 Å². The lowest BCUT2D eigenvalue weighted by atomic mass is 10.1. The zero-order chi connectivity index (χ0) is 13.3. The number of sulfone groups is 1. The minimum atomic E-state index is -3.32. The van der Waals surface area contributed by atoms with E-state index in [2.05, 4.69) is 4.98 Å². The van der Waals surface area contributed by atoms with Crippen LogP contribution in [0.4, 0.5) is 0 Å². The fourth-order valence-electron chi connectivity index (χ4n) is 1.45. The number of aromatic nitrogens is 1. The molecule has 0 fully saturated rings. The Hall–Kier alpha value is -1.59. The van der Waals surface area contributed by atoms with E-state index in [1.54, 1.807) is 12.1 Å². The quantitative estimate of drug-likeness (QED) is 0.919. The molecule has 1 aromatic heterocycles. The Balaban J connectivity index is 2.51. The molecule has 1 heterocycles. The smallest absolute Gasteiger partial charge is 0.177 e. The normalized spacial score (nSPS) is 11.4. The van der Waals surface area contributed by atoms with Crippen LogP contribution in [0.5, 0.6) is 5.75 Å². The second kappa shape index (κ2) is 4.59. The van der Waals surface area contributed by atoms with Gasteiger partial charge in [-0.05, 0) is 30.3 Å². The molecule has 0 bridgehead atoms. The van der Waals surface area contributed by atoms with Crippen LogP contribution in [-0.4, -0.2) is 24.8 Å². The lowest BCUT2D eigenvalue weighted by Gasteiger charge is -2.05. The van der Waals surface area contributed by atoms with Gasteiger partial charge in [-0.1, -0.05) is 11.6 Å². The van der Waals surface area contributed by atoms with E-state index in [1.165, 1.54) is 24.4 Å². The number of hydrogen-bond donors (Lipinski definition) is 1. The fourth-order valence-corrected chi connectivity index (χ4v) is 2.37. The van der Waals surface area contributed by atoms with E-state index < -0.39 is 9.84 Å². The van der Waals surface area contributed by atoms with Crippen LogP contribution in [0.1, 0.15) is 0 Å². The van der Waals surface area contributed by atoms with Gasteiger partial charge in [-0.25, -0.2) is 8.42 Å². The maximum absolute atomic E-state index is 11.3. The number of rotatable bonds is 2. The first-order valence-electron chi connectivity index (χ1n) is 5.03. The van der Waals surface area contributed by atoms with Crippen LogP contribution in [0.2, 0.25) is 5.02 Å². The van der Waals surface area contributed by atoms with Gasteiger partial charge in [0.15, 0.2) is 9.84 Å². The third-order valence-corrected chi connectivity index (χ3v) is 3.75. The molecule has 6 heteroatoms. The average molecular weight is 284 g/mol. The van der Waals surface area contributed by atoms with Gasteiger partial charge in [-0.2, -0.15) is 0 Å². The van der Waals surface area contributed by atoms with Crippen LogP contribution in [0.15, 0.2) is 41.4 Å². The van der Waals surface area contributed by atoms with Gasteiger partial charge < -0.3 is 5.11 Å². The summed E-state index contributed by atoms with van der Waals surface area (Å²) in [5.41, 5.74) is 1.18. The standard InChI is InChI=1S/C12H10ClNO3S/c1-18(16,17)10-6-11(13)12(14-7-10)8-2-4-9(15)5-3-8/h2-7,15H,1H3. The summed E-state index contributed by atoms with van der Waals surface area (Å²) in [5, 5.41) is 9.44. The summed E-state index contributed by atoms with van der Waals surface area (Å²) in [6, 6.07) is 7.70. The molecule has 0 radical (unpaired) electrons. The van der Waals surface area contributed by atoms with Crippen LogP contribution in [0, 0.1) is 0 Å². The first kappa shape index (κ1) is 12.9. The van der Waals surface area contributed by atoms with Gasteiger partial charge in [0.25, 0.3) is 0 Å². The number of phenols is 1. The number of hydrogen-bond acceptors (Lipinski definition) is 4. The molecule has 0 unspecified atom stereocenters. The molecular formula is C12H10ClNO3S. The molecule has 2 rings (SSSR count). The van der Waals surface area contributed by atoms with Gasteiger partial charge in [-0.3, -0.25) is 4.98 Å². The lowest BCUT2D eigenvalue weighted by Crippen LogP contribution is -1.98. The highest BCUT2D eigenvalue weighted by Gasteiger charge is 2.12. The molecule has 0 aliphatic heterocycles. The van der Waals surface area contributed by atoms with Crippen LogP contribution in [0.25, 0.3) is 11.3 Å². The molecule has 4 nitrogen and oxygen atoms in total. The van der Waals surface area contributed by atoms with Crippen LogP contribution >= 0.6 is 11.6 Å². The van der Waals surface area contributed by atoms with Crippen molar-refractivity contribution >= 4 is 21.4 Å². The number of aromatic hydroxyl groups is 1. The van der Waals surface area contributed by atoms with E-state index in [4.69, 9.17) is 11.6 Å². The first-order chi connectivity index (χ1) is 8.38. The lowest BCUT2D eigenvalue weighted by molar-refractivity contribution is 0.475. The van der Waals surface area contributed by atoms with E-state index in [0.29, 0.717) is 11.3 Å². The molecule has 94 valence electrons. The number of halogens is 1. The number of benzene rings is 1. The van der Waals surface area contributed by atoms with Crippen molar-refractivity contribution in [3.05, 3.63) is 41.6 Å². The Bertz CT molecular complexity index is 681. The van der Waals surface area contributed by atoms with Crippen molar-refractivity contribution in [2.45, 2.75) is 4.90 Å². The molecule has 1 N–H and O–H groups in total. The van der Waals surface area contributed by atoms with Crippen molar-refractivity contribution in [1.82, 2.24) is 4.98 Å². The third-order valence-electron chi connectivity index (χ3n) is 2.38. The number of pyridine rings is 1. The highest BCUT2D eigenvalue weighted by Crippen LogP contribution is 2.28. The summed E-state index contributed by atoms with van der Waals surface area (Å²) >= 11 is 6.02. The maximum Gasteiger partial charge on any atom is 0.177 e. The molecule has 0 amide bonds. The maximum atomic E-state index is 11.3. The van der Waals surface area contributed by atoms with Crippen LogP contribution < -0.4 is 0 Å². The van der Waals surface area contributed by atoms with E-state index in [9.17, 15) is 13.5 Å². The SMILES string of the molecule is CS(=O)(=O)c1cnc(-c2ccc(O)cc2)c(Cl)c1. The summed E-state index contributed by atoms with van der Waals surface area (Å²) in [4.78, 5) is 4.13. The van der Waals surface area contributed by atoms with Crippen molar-refractivity contribution in [3.63, 3.8) is 0 Å². The van der Waals surface area contributed by atoms with Crippen LogP contribution in [0.3, 0.4) is 0 Å². The molecule has 1 aromatic carbocycles. The van der Waals surface area contributed by atoms with Crippen molar-refractivity contribution in [2.75, 3.05) is 6.26 Å². The topological polar surface area (TPSA) is 67.3 Å². The van der Waals surface area contributed by atoms with E-state index >= 15 is 0 Å². The second-order valence-electron chi connectivity index (χ2n) is 3.82. The Labute approximate surface area is 110 Å². The highest BCUT2D eigenvalue weighted by atomic mass is 35.5. The molecule has 0 aliphatic rings. The summed E-state index contributed by atoms with van der Waals surface area (Å²) < 4.78 is 22.7. The molecule has 0 atom stereocenters. The fraction of sp³-hybridized carbons (Fsp3) is 0.0833. The summed E-state index contributed by atoms with van der Waals surface area (Å²) in [5.74, 6) is 0.141. The molecule has 18 heavy (non-hydrogen) atoms. The Morgan fingerprint density at radius 3 is 2.33 bits per heavy atom. The first-order valence-corrected chi connectivity index (χ1v) is 7.30. The van der Waals surface area contributed by atoms with Gasteiger partial charge in [-0.15, -0.1) is 0 Å². The third kappa shape index (κ3) is 2.63. The zero-order valence-electron chi connectivity index (χ0n) is 9.46. The Morgan fingerprint density at radius 1 is 1.22 bits per heavy atom. The summed E-state index contributed by atoms with van der Waals surface area (Å²) in [7, 11) is -3.32. The summed E-state index contributed by atoms with van der Waals surface area (Å²) in [6.07, 6.45) is 2.37. The highest BCUT2D eigenvalue weighted by molar-refractivity contribution is 7.90. The van der Waals surface area contributed by atoms with Gasteiger partial charge in [0.1, 0.15) is 5.75 Å². The number of nitrogens with zero attached hydrogens (tertiary/aromatic N) is 1. The second-order valence-corrected chi connectivity index (χ2v) is 6.24. The minimum absolute atomic E-state index is 0.0787. The zero-order valence-corrected chi connectivity index (χ0v) is 11.0. The molecule has 2 aromatic rings. The molecule has 0 spiro atoms. The van der Waals surface area contributed by atoms with Gasteiger partial charge in [0, 0.05) is 18.0 Å². The summed E-state index contributed by atoms with van der Waals surface area (Å²) in [6.45, 7) is 0. The van der Waals surface area contributed by atoms with Crippen LogP contribution in [-0.2, 0) is 9.84 Å².